The van der Waals surface area contributed by atoms with Crippen molar-refractivity contribution in [3.63, 3.8) is 0 Å². The number of unbranched alkanes of at least 4 members (excludes halogenated alkanes) is 18. The molecular weight excluding hydrogens is 587 g/mol. The van der Waals surface area contributed by atoms with Crippen molar-refractivity contribution in [2.75, 3.05) is 13.6 Å². The summed E-state index contributed by atoms with van der Waals surface area (Å²) in [4.78, 5) is 0. The molecule has 0 unspecified atom stereocenters. The zero-order valence-electron chi connectivity index (χ0n) is 32.4. The van der Waals surface area contributed by atoms with Crippen LogP contribution < -0.4 is 5.32 Å². The fourth-order valence-electron chi connectivity index (χ4n) is 7.62. The maximum atomic E-state index is 6.90. The van der Waals surface area contributed by atoms with Gasteiger partial charge in [0, 0.05) is 12.8 Å². The Morgan fingerprint density at radius 1 is 0.500 bits per heavy atom. The van der Waals surface area contributed by atoms with Crippen LogP contribution in [0.15, 0.2) is 48.6 Å². The Morgan fingerprint density at radius 2 is 0.917 bits per heavy atom. The van der Waals surface area contributed by atoms with Gasteiger partial charge >= 0.3 is 0 Å². The van der Waals surface area contributed by atoms with Gasteiger partial charge in [0.1, 0.15) is 0 Å². The first-order chi connectivity index (χ1) is 23.7. The van der Waals surface area contributed by atoms with Crippen molar-refractivity contribution in [2.45, 2.75) is 218 Å². The van der Waals surface area contributed by atoms with Gasteiger partial charge in [-0.15, -0.1) is 0 Å². The highest BCUT2D eigenvalue weighted by molar-refractivity contribution is 4.94. The van der Waals surface area contributed by atoms with E-state index in [9.17, 15) is 0 Å². The molecule has 0 amide bonds. The maximum Gasteiger partial charge on any atom is 0.169 e. The van der Waals surface area contributed by atoms with Crippen LogP contribution in [0.2, 0.25) is 0 Å². The molecule has 3 heteroatoms. The first kappa shape index (κ1) is 43.0. The van der Waals surface area contributed by atoms with Crippen LogP contribution >= 0.6 is 0 Å². The van der Waals surface area contributed by atoms with Gasteiger partial charge in [0.05, 0.1) is 12.2 Å². The van der Waals surface area contributed by atoms with Gasteiger partial charge in [-0.3, -0.25) is 0 Å². The zero-order valence-corrected chi connectivity index (χ0v) is 32.4. The molecule has 0 spiro atoms. The van der Waals surface area contributed by atoms with Crippen LogP contribution in [-0.2, 0) is 9.47 Å². The van der Waals surface area contributed by atoms with Crippen LogP contribution in [0.25, 0.3) is 0 Å². The lowest BCUT2D eigenvalue weighted by molar-refractivity contribution is -0.186. The van der Waals surface area contributed by atoms with Crippen LogP contribution in [0.1, 0.15) is 200 Å². The van der Waals surface area contributed by atoms with E-state index in [1.165, 1.54) is 161 Å². The topological polar surface area (TPSA) is 30.5 Å². The number of hydrogen-bond acceptors (Lipinski definition) is 3. The van der Waals surface area contributed by atoms with E-state index in [-0.39, 0.29) is 5.79 Å². The zero-order chi connectivity index (χ0) is 34.2. The van der Waals surface area contributed by atoms with Gasteiger partial charge in [-0.1, -0.05) is 140 Å². The Hall–Kier alpha value is -1.16. The van der Waals surface area contributed by atoms with Crippen LogP contribution in [0, 0.1) is 5.92 Å². The third-order valence-corrected chi connectivity index (χ3v) is 10.6. The smallest absolute Gasteiger partial charge is 0.169 e. The standard InChI is InChI=1S/C45H81NO2/c1-4-6-8-10-12-14-16-18-20-22-24-26-28-30-32-34-38-45(47-43-37-36-42(41-46-3)40-44(43)48-45)39-35-33-31-29-27-25-23-21-19-17-15-13-11-9-7-5-2/h12-15,18-21,42-44,46H,4-11,16-17,22-41H2,1-3H3/b14-12-,15-13-,20-18-,21-19-/t42-,43-,44+/m0/s1. The SMILES string of the molecule is CCCCC/C=C\C/C=C\CCCCCCCCC1(CCCCCCCC/C=C\C/C=C\CCCCC)O[C@H]2CC[C@H](CNC)C[C@H]2O1. The lowest BCUT2D eigenvalue weighted by atomic mass is 9.85. The Labute approximate surface area is 300 Å². The van der Waals surface area contributed by atoms with E-state index in [4.69, 9.17) is 9.47 Å². The van der Waals surface area contributed by atoms with Gasteiger partial charge < -0.3 is 14.8 Å². The molecule has 0 radical (unpaired) electrons. The molecule has 278 valence electrons. The molecule has 2 aliphatic rings. The highest BCUT2D eigenvalue weighted by Crippen LogP contribution is 2.44. The number of allylic oxidation sites excluding steroid dienone is 8. The normalized spacial score (nSPS) is 21.1. The first-order valence-corrected chi connectivity index (χ1v) is 21.3. The summed E-state index contributed by atoms with van der Waals surface area (Å²) < 4.78 is 13.8. The lowest BCUT2D eigenvalue weighted by Crippen LogP contribution is -2.34. The minimum atomic E-state index is -0.311. The second-order valence-corrected chi connectivity index (χ2v) is 15.1. The lowest BCUT2D eigenvalue weighted by Gasteiger charge is -2.29. The van der Waals surface area contributed by atoms with Crippen molar-refractivity contribution in [1.82, 2.24) is 5.32 Å². The van der Waals surface area contributed by atoms with E-state index < -0.39 is 0 Å². The Balaban J connectivity index is 1.58. The molecule has 48 heavy (non-hydrogen) atoms. The van der Waals surface area contributed by atoms with Crippen molar-refractivity contribution < 1.29 is 9.47 Å². The summed E-state index contributed by atoms with van der Waals surface area (Å²) >= 11 is 0. The molecule has 2 rings (SSSR count). The first-order valence-electron chi connectivity index (χ1n) is 21.3. The summed E-state index contributed by atoms with van der Waals surface area (Å²) in [5, 5.41) is 3.40. The molecule has 1 N–H and O–H groups in total. The third-order valence-electron chi connectivity index (χ3n) is 10.6. The van der Waals surface area contributed by atoms with Crippen molar-refractivity contribution in [2.24, 2.45) is 5.92 Å². The second-order valence-electron chi connectivity index (χ2n) is 15.1. The summed E-state index contributed by atoms with van der Waals surface area (Å²) in [5.41, 5.74) is 0. The van der Waals surface area contributed by atoms with E-state index >= 15 is 0 Å². The van der Waals surface area contributed by atoms with Crippen molar-refractivity contribution in [1.29, 1.82) is 0 Å². The van der Waals surface area contributed by atoms with Gasteiger partial charge in [-0.2, -0.15) is 0 Å². The molecule has 3 nitrogen and oxygen atoms in total. The molecule has 1 aliphatic carbocycles. The van der Waals surface area contributed by atoms with E-state index in [2.05, 4.69) is 74.8 Å². The van der Waals surface area contributed by atoms with E-state index in [0.29, 0.717) is 12.2 Å². The molecule has 1 aliphatic heterocycles. The number of nitrogens with one attached hydrogen (secondary N) is 1. The van der Waals surface area contributed by atoms with Gasteiger partial charge in [0.15, 0.2) is 5.79 Å². The van der Waals surface area contributed by atoms with Crippen LogP contribution in [0.5, 0.6) is 0 Å². The van der Waals surface area contributed by atoms with Crippen molar-refractivity contribution in [3.8, 4) is 0 Å². The monoisotopic (exact) mass is 668 g/mol. The van der Waals surface area contributed by atoms with Crippen molar-refractivity contribution in [3.05, 3.63) is 48.6 Å². The molecule has 1 saturated carbocycles. The fraction of sp³-hybridized carbons (Fsp3) is 0.822. The molecule has 0 bridgehead atoms. The summed E-state index contributed by atoms with van der Waals surface area (Å²) in [6.45, 7) is 5.65. The summed E-state index contributed by atoms with van der Waals surface area (Å²) in [6.07, 6.45) is 56.4. The molecule has 0 aromatic carbocycles. The second kappa shape index (κ2) is 30.6. The molecule has 2 fully saturated rings. The van der Waals surface area contributed by atoms with Gasteiger partial charge in [-0.25, -0.2) is 0 Å². The average Bonchev–Trinajstić information content (AvgIpc) is 3.45. The fourth-order valence-corrected chi connectivity index (χ4v) is 7.62. The quantitative estimate of drug-likeness (QED) is 0.0572. The maximum absolute atomic E-state index is 6.90. The van der Waals surface area contributed by atoms with Gasteiger partial charge in [-0.05, 0) is 116 Å². The van der Waals surface area contributed by atoms with Crippen molar-refractivity contribution >= 4 is 0 Å². The third kappa shape index (κ3) is 21.8. The van der Waals surface area contributed by atoms with Crippen LogP contribution in [0.3, 0.4) is 0 Å². The van der Waals surface area contributed by atoms with Crippen LogP contribution in [-0.4, -0.2) is 31.6 Å². The largest absolute Gasteiger partial charge is 0.344 e. The molecule has 1 heterocycles. The Morgan fingerprint density at radius 3 is 1.38 bits per heavy atom. The minimum Gasteiger partial charge on any atom is -0.344 e. The number of hydrogen-bond donors (Lipinski definition) is 1. The average molecular weight is 668 g/mol. The number of ether oxygens (including phenoxy) is 2. The number of fused-ring (bicyclic) bond motifs is 1. The highest BCUT2D eigenvalue weighted by atomic mass is 16.8. The van der Waals surface area contributed by atoms with Gasteiger partial charge in [0.2, 0.25) is 0 Å². The van der Waals surface area contributed by atoms with E-state index in [1.807, 2.05) is 0 Å². The van der Waals surface area contributed by atoms with E-state index in [0.717, 1.165) is 38.1 Å². The van der Waals surface area contributed by atoms with Crippen LogP contribution in [0.4, 0.5) is 0 Å². The summed E-state index contributed by atoms with van der Waals surface area (Å²) in [5.74, 6) is 0.424. The molecule has 0 aromatic heterocycles. The van der Waals surface area contributed by atoms with E-state index in [1.54, 1.807) is 0 Å². The highest BCUT2D eigenvalue weighted by Gasteiger charge is 2.48. The predicted octanol–water partition coefficient (Wildman–Crippen LogP) is 13.9. The molecule has 3 atom stereocenters. The Kier molecular flexibility index (Phi) is 27.5. The predicted molar refractivity (Wildman–Crippen MR) is 212 cm³/mol. The van der Waals surface area contributed by atoms with Gasteiger partial charge in [0.25, 0.3) is 0 Å². The molecular formula is C45H81NO2. The Bertz CT molecular complexity index is 781. The minimum absolute atomic E-state index is 0.311. The molecule has 1 saturated heterocycles. The molecule has 0 aromatic rings. The summed E-state index contributed by atoms with van der Waals surface area (Å²) in [6, 6.07) is 0. The number of rotatable bonds is 32. The summed E-state index contributed by atoms with van der Waals surface area (Å²) in [7, 11) is 2.08.